The van der Waals surface area contributed by atoms with Crippen molar-refractivity contribution in [2.24, 2.45) is 11.8 Å². The number of allylic oxidation sites excluding steroid dienone is 1. The summed E-state index contributed by atoms with van der Waals surface area (Å²) in [6.07, 6.45) is -0.491. The lowest BCUT2D eigenvalue weighted by molar-refractivity contribution is -0.212. The van der Waals surface area contributed by atoms with Crippen LogP contribution in [0.5, 0.6) is 0 Å². The van der Waals surface area contributed by atoms with Crippen LogP contribution in [-0.4, -0.2) is 83.3 Å². The Kier molecular flexibility index (Phi) is 10.2. The summed E-state index contributed by atoms with van der Waals surface area (Å²) in [7, 11) is 0. The van der Waals surface area contributed by atoms with E-state index in [2.05, 4.69) is 16.5 Å². The van der Waals surface area contributed by atoms with Crippen LogP contribution < -0.4 is 4.90 Å². The molecule has 43 heavy (non-hydrogen) atoms. The third kappa shape index (κ3) is 7.91. The summed E-state index contributed by atoms with van der Waals surface area (Å²) in [5.74, 6) is -4.57. The first-order valence-corrected chi connectivity index (χ1v) is 14.9. The second-order valence-corrected chi connectivity index (χ2v) is 12.2. The lowest BCUT2D eigenvalue weighted by Gasteiger charge is -2.39. The van der Waals surface area contributed by atoms with Gasteiger partial charge in [-0.2, -0.15) is 13.2 Å². The van der Waals surface area contributed by atoms with Gasteiger partial charge in [0.1, 0.15) is 11.3 Å². The van der Waals surface area contributed by atoms with Gasteiger partial charge in [-0.15, -0.1) is 6.58 Å². The Morgan fingerprint density at radius 2 is 1.81 bits per heavy atom. The molecule has 0 radical (unpaired) electrons. The minimum atomic E-state index is -4.86. The Morgan fingerprint density at radius 3 is 2.47 bits per heavy atom. The highest BCUT2D eigenvalue weighted by Crippen LogP contribution is 2.43. The minimum Gasteiger partial charge on any atom is -0.444 e. The van der Waals surface area contributed by atoms with Gasteiger partial charge in [0.15, 0.2) is 23.0 Å². The number of rotatable bonds is 8. The molecular weight excluding hydrogens is 569 g/mol. The molecule has 0 N–H and O–H groups in total. The lowest BCUT2D eigenvalue weighted by Crippen LogP contribution is -2.48. The Bertz CT molecular complexity index is 1200. The molecule has 2 atom stereocenters. The summed E-state index contributed by atoms with van der Waals surface area (Å²) in [4.78, 5) is 51.5. The summed E-state index contributed by atoms with van der Waals surface area (Å²) in [6, 6.07) is 0.615. The number of aromatic nitrogens is 2. The number of ether oxygens (including phenoxy) is 3. The molecular formula is C30H41F3N4O6. The van der Waals surface area contributed by atoms with E-state index in [9.17, 15) is 27.6 Å². The fourth-order valence-corrected chi connectivity index (χ4v) is 5.87. The van der Waals surface area contributed by atoms with Gasteiger partial charge in [-0.1, -0.05) is 12.5 Å². The van der Waals surface area contributed by atoms with Crippen LogP contribution in [0.15, 0.2) is 18.7 Å². The van der Waals surface area contributed by atoms with Crippen molar-refractivity contribution in [3.05, 3.63) is 30.1 Å². The van der Waals surface area contributed by atoms with E-state index in [1.54, 1.807) is 26.8 Å². The van der Waals surface area contributed by atoms with Crippen LogP contribution in [0.4, 0.5) is 23.9 Å². The SMILES string of the molecule is C=CCCC(C(=O)c1cc(C(F)(F)F)nc(N2CCCN(C(=O)OC(C)(C)C)CC2)n1)C(=O)[C@H]1CCCCC12OCCO2. The fraction of sp³-hybridized carbons (Fsp3) is 0.700. The van der Waals surface area contributed by atoms with Gasteiger partial charge in [-0.25, -0.2) is 14.8 Å². The van der Waals surface area contributed by atoms with Gasteiger partial charge in [0.25, 0.3) is 0 Å². The minimum absolute atomic E-state index is 0.0724. The lowest BCUT2D eigenvalue weighted by atomic mass is 9.74. The van der Waals surface area contributed by atoms with Crippen molar-refractivity contribution in [1.29, 1.82) is 0 Å². The molecule has 1 saturated carbocycles. The van der Waals surface area contributed by atoms with E-state index >= 15 is 0 Å². The maximum Gasteiger partial charge on any atom is 0.433 e. The highest BCUT2D eigenvalue weighted by atomic mass is 19.4. The van der Waals surface area contributed by atoms with Crippen LogP contribution in [0.1, 0.15) is 81.9 Å². The normalized spacial score (nSPS) is 21.8. The number of hydrogen-bond donors (Lipinski definition) is 0. The van der Waals surface area contributed by atoms with Gasteiger partial charge >= 0.3 is 12.3 Å². The smallest absolute Gasteiger partial charge is 0.433 e. The van der Waals surface area contributed by atoms with E-state index < -0.39 is 58.4 Å². The molecule has 1 aromatic heterocycles. The average molecular weight is 611 g/mol. The summed E-state index contributed by atoms with van der Waals surface area (Å²) in [5, 5.41) is 0. The van der Waals surface area contributed by atoms with Gasteiger partial charge in [0, 0.05) is 32.6 Å². The van der Waals surface area contributed by atoms with Gasteiger partial charge < -0.3 is 24.0 Å². The maximum atomic E-state index is 14.0. The molecule has 3 heterocycles. The van der Waals surface area contributed by atoms with E-state index in [1.165, 1.54) is 9.80 Å². The molecule has 1 amide bonds. The van der Waals surface area contributed by atoms with E-state index in [1.807, 2.05) is 0 Å². The Labute approximate surface area is 249 Å². The first-order valence-electron chi connectivity index (χ1n) is 14.9. The van der Waals surface area contributed by atoms with Gasteiger partial charge in [-0.05, 0) is 58.9 Å². The average Bonchev–Trinajstić information content (AvgIpc) is 3.25. The number of hydrogen-bond acceptors (Lipinski definition) is 9. The Hall–Kier alpha value is -3.06. The van der Waals surface area contributed by atoms with Crippen molar-refractivity contribution in [3.8, 4) is 0 Å². The first-order chi connectivity index (χ1) is 20.2. The molecule has 238 valence electrons. The van der Waals surface area contributed by atoms with Crippen molar-refractivity contribution < 1.29 is 41.8 Å². The first kappa shape index (κ1) is 32.8. The van der Waals surface area contributed by atoms with Crippen LogP contribution in [-0.2, 0) is 25.2 Å². The van der Waals surface area contributed by atoms with Crippen LogP contribution in [0.25, 0.3) is 0 Å². The maximum absolute atomic E-state index is 14.0. The molecule has 2 saturated heterocycles. The largest absolute Gasteiger partial charge is 0.444 e. The van der Waals surface area contributed by atoms with Gasteiger partial charge in [-0.3, -0.25) is 9.59 Å². The van der Waals surface area contributed by atoms with Crippen molar-refractivity contribution in [3.63, 3.8) is 0 Å². The van der Waals surface area contributed by atoms with Crippen LogP contribution in [0.3, 0.4) is 0 Å². The Morgan fingerprint density at radius 1 is 1.09 bits per heavy atom. The fourth-order valence-electron chi connectivity index (χ4n) is 5.87. The highest BCUT2D eigenvalue weighted by Gasteiger charge is 2.51. The number of nitrogens with zero attached hydrogens (tertiary/aromatic N) is 4. The second-order valence-electron chi connectivity index (χ2n) is 12.2. The zero-order chi connectivity index (χ0) is 31.4. The van der Waals surface area contributed by atoms with Crippen molar-refractivity contribution in [2.75, 3.05) is 44.3 Å². The molecule has 3 fully saturated rings. The van der Waals surface area contributed by atoms with Crippen LogP contribution in [0, 0.1) is 11.8 Å². The van der Waals surface area contributed by atoms with Gasteiger partial charge in [0.2, 0.25) is 5.95 Å². The number of halogens is 3. The molecule has 1 aliphatic carbocycles. The number of carbonyl (C=O) groups excluding carboxylic acids is 3. The number of alkyl halides is 3. The molecule has 0 bridgehead atoms. The van der Waals surface area contributed by atoms with Crippen molar-refractivity contribution >= 4 is 23.6 Å². The molecule has 2 aliphatic heterocycles. The molecule has 4 rings (SSSR count). The number of amides is 1. The second kappa shape index (κ2) is 13.3. The summed E-state index contributed by atoms with van der Waals surface area (Å²) in [6.45, 7) is 10.5. The molecule has 3 aliphatic rings. The summed E-state index contributed by atoms with van der Waals surface area (Å²) in [5.41, 5.74) is -2.46. The van der Waals surface area contributed by atoms with Crippen molar-refractivity contribution in [2.45, 2.75) is 83.3 Å². The third-order valence-corrected chi connectivity index (χ3v) is 7.93. The van der Waals surface area contributed by atoms with E-state index in [4.69, 9.17) is 14.2 Å². The van der Waals surface area contributed by atoms with E-state index in [-0.39, 0.29) is 32.0 Å². The molecule has 0 aromatic carbocycles. The number of anilines is 1. The van der Waals surface area contributed by atoms with E-state index in [0.29, 0.717) is 51.5 Å². The molecule has 10 nitrogen and oxygen atoms in total. The van der Waals surface area contributed by atoms with Crippen LogP contribution >= 0.6 is 0 Å². The van der Waals surface area contributed by atoms with Crippen LogP contribution in [0.2, 0.25) is 0 Å². The standard InChI is InChI=1S/C30H41F3N4O6/c1-5-6-10-20(24(38)21-11-7-8-12-29(21)41-17-18-42-29)25(39)22-19-23(30(31,32)33)35-26(34-22)36-13-9-14-37(16-15-36)27(40)43-28(2,3)4/h5,19-21H,1,6-18H2,2-4H3/t20?,21-/m1/s1. The zero-order valence-electron chi connectivity index (χ0n) is 25.1. The quantitative estimate of drug-likeness (QED) is 0.223. The van der Waals surface area contributed by atoms with Crippen molar-refractivity contribution in [1.82, 2.24) is 14.9 Å². The monoisotopic (exact) mass is 610 g/mol. The predicted molar refractivity (Wildman–Crippen MR) is 151 cm³/mol. The highest BCUT2D eigenvalue weighted by molar-refractivity contribution is 6.10. The number of Topliss-reactive ketones (excluding diaryl/α,β-unsaturated/α-hetero) is 2. The molecule has 13 heteroatoms. The van der Waals surface area contributed by atoms with E-state index in [0.717, 1.165) is 12.8 Å². The Balaban J connectivity index is 1.63. The third-order valence-electron chi connectivity index (χ3n) is 7.93. The number of carbonyl (C=O) groups is 3. The molecule has 1 spiro atoms. The van der Waals surface area contributed by atoms with Gasteiger partial charge in [0.05, 0.1) is 25.0 Å². The number of ketones is 2. The predicted octanol–water partition coefficient (Wildman–Crippen LogP) is 5.21. The summed E-state index contributed by atoms with van der Waals surface area (Å²) < 4.78 is 59.3. The molecule has 1 aromatic rings. The zero-order valence-corrected chi connectivity index (χ0v) is 25.1. The molecule has 1 unspecified atom stereocenters. The topological polar surface area (TPSA) is 111 Å². The summed E-state index contributed by atoms with van der Waals surface area (Å²) >= 11 is 0.